The predicted octanol–water partition coefficient (Wildman–Crippen LogP) is 7.96. The van der Waals surface area contributed by atoms with E-state index in [0.717, 1.165) is 58.0 Å². The van der Waals surface area contributed by atoms with Crippen LogP contribution in [-0.2, 0) is 16.5 Å². The Morgan fingerprint density at radius 1 is 0.667 bits per heavy atom. The number of rotatable bonds is 3. The molecule has 0 heterocycles. The third-order valence-electron chi connectivity index (χ3n) is 7.58. The van der Waals surface area contributed by atoms with Crippen molar-refractivity contribution in [3.8, 4) is 5.75 Å². The van der Waals surface area contributed by atoms with E-state index in [1.165, 1.54) is 22.3 Å². The van der Waals surface area contributed by atoms with Gasteiger partial charge in [-0.2, -0.15) is 8.42 Å². The number of aryl methyl sites for hydroxylation is 1. The van der Waals surface area contributed by atoms with Crippen LogP contribution >= 0.6 is 0 Å². The summed E-state index contributed by atoms with van der Waals surface area (Å²) in [6, 6.07) is 27.1. The minimum atomic E-state index is -4.03. The molecule has 2 aliphatic rings. The second-order valence-corrected chi connectivity index (χ2v) is 11.2. The molecule has 36 heavy (non-hydrogen) atoms. The van der Waals surface area contributed by atoms with E-state index in [4.69, 9.17) is 4.18 Å². The van der Waals surface area contributed by atoms with Crippen molar-refractivity contribution in [1.82, 2.24) is 0 Å². The zero-order valence-electron chi connectivity index (χ0n) is 19.7. The first kappa shape index (κ1) is 21.4. The van der Waals surface area contributed by atoms with Crippen molar-refractivity contribution in [3.05, 3.63) is 114 Å². The standard InChI is InChI=1S/C32H24O3S/c33-36(34,24-16-14-23-13-12-21-6-2-4-9-26(21)31(23)20-24)35-32-11-5-10-27-29-17-15-22-7-1-3-8-25(22)28(29)18-19-30(27)32/h2-6,8-14,16,18-20H,1,7,15,17H2. The number of benzene rings is 5. The Morgan fingerprint density at radius 3 is 2.39 bits per heavy atom. The maximum Gasteiger partial charge on any atom is 0.339 e. The minimum Gasteiger partial charge on any atom is -0.378 e. The van der Waals surface area contributed by atoms with Gasteiger partial charge in [0, 0.05) is 5.39 Å². The van der Waals surface area contributed by atoms with Gasteiger partial charge in [0.15, 0.2) is 5.75 Å². The van der Waals surface area contributed by atoms with Crippen LogP contribution in [0.4, 0.5) is 0 Å². The Labute approximate surface area is 210 Å². The first-order valence-electron chi connectivity index (χ1n) is 12.4. The van der Waals surface area contributed by atoms with Crippen molar-refractivity contribution in [3.63, 3.8) is 0 Å². The normalized spacial score (nSPS) is 15.3. The molecular weight excluding hydrogens is 464 g/mol. The molecule has 2 aliphatic carbocycles. The summed E-state index contributed by atoms with van der Waals surface area (Å²) in [5.41, 5.74) is 5.41. The monoisotopic (exact) mass is 488 g/mol. The van der Waals surface area contributed by atoms with Gasteiger partial charge < -0.3 is 4.18 Å². The lowest BCUT2D eigenvalue weighted by molar-refractivity contribution is 0.489. The average molecular weight is 489 g/mol. The van der Waals surface area contributed by atoms with Crippen LogP contribution in [0.2, 0.25) is 0 Å². The molecule has 0 radical (unpaired) electrons. The Kier molecular flexibility index (Phi) is 4.80. The summed E-state index contributed by atoms with van der Waals surface area (Å²) in [4.78, 5) is 0.156. The van der Waals surface area contributed by atoms with Crippen molar-refractivity contribution < 1.29 is 12.6 Å². The zero-order chi connectivity index (χ0) is 24.3. The maximum atomic E-state index is 13.5. The van der Waals surface area contributed by atoms with E-state index >= 15 is 0 Å². The van der Waals surface area contributed by atoms with Gasteiger partial charge in [-0.3, -0.25) is 0 Å². The van der Waals surface area contributed by atoms with Gasteiger partial charge in [0.05, 0.1) is 0 Å². The lowest BCUT2D eigenvalue weighted by atomic mass is 9.79. The van der Waals surface area contributed by atoms with Crippen LogP contribution in [0.1, 0.15) is 30.4 Å². The second kappa shape index (κ2) is 8.07. The molecule has 176 valence electrons. The molecule has 4 heteroatoms. The molecule has 7 rings (SSSR count). The lowest BCUT2D eigenvalue weighted by Crippen LogP contribution is -2.11. The van der Waals surface area contributed by atoms with Gasteiger partial charge in [0.1, 0.15) is 4.90 Å². The highest BCUT2D eigenvalue weighted by Crippen LogP contribution is 2.42. The predicted molar refractivity (Wildman–Crippen MR) is 147 cm³/mol. The molecule has 0 aromatic heterocycles. The summed E-state index contributed by atoms with van der Waals surface area (Å²) in [7, 11) is -4.03. The largest absolute Gasteiger partial charge is 0.378 e. The number of fused-ring (bicyclic) bond motifs is 7. The van der Waals surface area contributed by atoms with Crippen LogP contribution in [0.25, 0.3) is 37.9 Å². The van der Waals surface area contributed by atoms with Crippen molar-refractivity contribution in [1.29, 1.82) is 0 Å². The fourth-order valence-corrected chi connectivity index (χ4v) is 6.79. The van der Waals surface area contributed by atoms with E-state index in [1.807, 2.05) is 48.5 Å². The van der Waals surface area contributed by atoms with Crippen molar-refractivity contribution in [2.24, 2.45) is 0 Å². The van der Waals surface area contributed by atoms with Gasteiger partial charge >= 0.3 is 10.1 Å². The summed E-state index contributed by atoms with van der Waals surface area (Å²) in [5.74, 6) is 0.368. The van der Waals surface area contributed by atoms with Crippen LogP contribution in [0.15, 0.2) is 108 Å². The molecule has 0 bridgehead atoms. The number of hydrogen-bond acceptors (Lipinski definition) is 3. The van der Waals surface area contributed by atoms with Crippen LogP contribution < -0.4 is 4.18 Å². The first-order valence-corrected chi connectivity index (χ1v) is 13.8. The topological polar surface area (TPSA) is 43.4 Å². The SMILES string of the molecule is O=S(=O)(Oc1cccc2c3c(ccc12)C1=C(CCC=C1)CC3)c1ccc2ccc3ccccc3c2c1. The molecule has 0 saturated heterocycles. The Morgan fingerprint density at radius 2 is 1.47 bits per heavy atom. The van der Waals surface area contributed by atoms with Gasteiger partial charge in [0.25, 0.3) is 0 Å². The maximum absolute atomic E-state index is 13.5. The van der Waals surface area contributed by atoms with E-state index in [2.05, 4.69) is 30.4 Å². The minimum absolute atomic E-state index is 0.156. The summed E-state index contributed by atoms with van der Waals surface area (Å²) in [5, 5.41) is 5.88. The van der Waals surface area contributed by atoms with E-state index in [1.54, 1.807) is 18.2 Å². The van der Waals surface area contributed by atoms with E-state index in [-0.39, 0.29) is 4.90 Å². The van der Waals surface area contributed by atoms with Crippen LogP contribution in [0.3, 0.4) is 0 Å². The summed E-state index contributed by atoms with van der Waals surface area (Å²) >= 11 is 0. The molecule has 0 unspecified atom stereocenters. The molecule has 0 saturated carbocycles. The number of allylic oxidation sites excluding steroid dienone is 4. The van der Waals surface area contributed by atoms with Crippen molar-refractivity contribution >= 4 is 48.0 Å². The van der Waals surface area contributed by atoms with Gasteiger partial charge in [-0.1, -0.05) is 78.4 Å². The first-order chi connectivity index (χ1) is 17.6. The third-order valence-corrected chi connectivity index (χ3v) is 8.81. The van der Waals surface area contributed by atoms with Crippen LogP contribution in [0, 0.1) is 0 Å². The van der Waals surface area contributed by atoms with E-state index in [9.17, 15) is 8.42 Å². The third kappa shape index (κ3) is 3.36. The van der Waals surface area contributed by atoms with Gasteiger partial charge in [0.2, 0.25) is 0 Å². The smallest absolute Gasteiger partial charge is 0.339 e. The highest BCUT2D eigenvalue weighted by molar-refractivity contribution is 7.87. The fraction of sp³-hybridized carbons (Fsp3) is 0.125. The van der Waals surface area contributed by atoms with E-state index < -0.39 is 10.1 Å². The van der Waals surface area contributed by atoms with Gasteiger partial charge in [-0.15, -0.1) is 0 Å². The zero-order valence-corrected chi connectivity index (χ0v) is 20.5. The fourth-order valence-electron chi connectivity index (χ4n) is 5.82. The molecular formula is C32H24O3S. The van der Waals surface area contributed by atoms with Crippen LogP contribution in [-0.4, -0.2) is 8.42 Å². The highest BCUT2D eigenvalue weighted by Gasteiger charge is 2.23. The molecule has 0 fully saturated rings. The Balaban J connectivity index is 1.32. The molecule has 5 aromatic carbocycles. The molecule has 0 N–H and O–H groups in total. The Hall–Kier alpha value is -3.89. The molecule has 0 amide bonds. The summed E-state index contributed by atoms with van der Waals surface area (Å²) < 4.78 is 32.7. The quantitative estimate of drug-likeness (QED) is 0.191. The highest BCUT2D eigenvalue weighted by atomic mass is 32.2. The lowest BCUT2D eigenvalue weighted by Gasteiger charge is -2.25. The number of hydrogen-bond donors (Lipinski definition) is 0. The van der Waals surface area contributed by atoms with Crippen LogP contribution in [0.5, 0.6) is 5.75 Å². The molecule has 5 aromatic rings. The molecule has 0 aliphatic heterocycles. The molecule has 0 atom stereocenters. The van der Waals surface area contributed by atoms with Crippen molar-refractivity contribution in [2.45, 2.75) is 30.6 Å². The van der Waals surface area contributed by atoms with Gasteiger partial charge in [-0.25, -0.2) is 0 Å². The molecule has 0 spiro atoms. The van der Waals surface area contributed by atoms with Crippen molar-refractivity contribution in [2.75, 3.05) is 0 Å². The second-order valence-electron chi connectivity index (χ2n) is 9.61. The van der Waals surface area contributed by atoms with E-state index in [0.29, 0.717) is 5.75 Å². The Bertz CT molecular complexity index is 1880. The summed E-state index contributed by atoms with van der Waals surface area (Å²) in [6.45, 7) is 0. The summed E-state index contributed by atoms with van der Waals surface area (Å²) in [6.07, 6.45) is 8.76. The average Bonchev–Trinajstić information content (AvgIpc) is 2.92. The molecule has 3 nitrogen and oxygen atoms in total. The van der Waals surface area contributed by atoms with Gasteiger partial charge in [-0.05, 0) is 93.6 Å².